The lowest BCUT2D eigenvalue weighted by Crippen LogP contribution is -2.36. The Balaban J connectivity index is 1.72. The number of hydrogen-bond donors (Lipinski definition) is 0. The van der Waals surface area contributed by atoms with E-state index in [0.29, 0.717) is 24.6 Å². The van der Waals surface area contributed by atoms with E-state index >= 15 is 0 Å². The van der Waals surface area contributed by atoms with Crippen molar-refractivity contribution in [1.82, 2.24) is 10.1 Å². The molecule has 1 fully saturated rings. The average Bonchev–Trinajstić information content (AvgIpc) is 3.22. The number of rotatable bonds is 7. The highest BCUT2D eigenvalue weighted by atomic mass is 19.1. The lowest BCUT2D eigenvalue weighted by molar-refractivity contribution is 0.0722. The largest absolute Gasteiger partial charge is 0.340 e. The van der Waals surface area contributed by atoms with Crippen molar-refractivity contribution in [1.29, 1.82) is 0 Å². The molecule has 1 aliphatic heterocycles. The number of halogens is 1. The Morgan fingerprint density at radius 2 is 1.88 bits per heavy atom. The normalized spacial score (nSPS) is 14.6. The molecule has 0 N–H and O–H groups in total. The molecule has 2 heterocycles. The summed E-state index contributed by atoms with van der Waals surface area (Å²) in [6, 6.07) is 15.8. The second kappa shape index (κ2) is 10.2. The number of anilines is 1. The minimum Gasteiger partial charge on any atom is -0.340 e. The fourth-order valence-electron chi connectivity index (χ4n) is 4.38. The third-order valence-electron chi connectivity index (χ3n) is 6.18. The lowest BCUT2D eigenvalue weighted by atomic mass is 9.98. The van der Waals surface area contributed by atoms with Gasteiger partial charge < -0.3 is 14.3 Å². The predicted molar refractivity (Wildman–Crippen MR) is 129 cm³/mol. The van der Waals surface area contributed by atoms with Crippen LogP contribution in [0.25, 0.3) is 11.3 Å². The zero-order valence-corrected chi connectivity index (χ0v) is 19.6. The van der Waals surface area contributed by atoms with E-state index in [2.05, 4.69) is 30.8 Å². The summed E-state index contributed by atoms with van der Waals surface area (Å²) >= 11 is 0. The van der Waals surface area contributed by atoms with Crippen molar-refractivity contribution in [2.24, 2.45) is 11.8 Å². The minimum atomic E-state index is -0.413. The van der Waals surface area contributed by atoms with Crippen molar-refractivity contribution in [3.8, 4) is 11.3 Å². The number of nitrogens with zero attached hydrogens (tertiary/aromatic N) is 3. The van der Waals surface area contributed by atoms with E-state index in [1.807, 2.05) is 30.3 Å². The van der Waals surface area contributed by atoms with Crippen molar-refractivity contribution in [2.75, 3.05) is 24.5 Å². The van der Waals surface area contributed by atoms with Gasteiger partial charge in [-0.25, -0.2) is 4.39 Å². The van der Waals surface area contributed by atoms with Crippen molar-refractivity contribution >= 4 is 11.8 Å². The van der Waals surface area contributed by atoms with Gasteiger partial charge in [-0.05, 0) is 42.9 Å². The Hall–Kier alpha value is -3.15. The van der Waals surface area contributed by atoms with E-state index in [1.165, 1.54) is 12.1 Å². The first-order chi connectivity index (χ1) is 15.9. The molecule has 4 rings (SSSR count). The highest BCUT2D eigenvalue weighted by molar-refractivity contribution is 5.94. The molecule has 1 saturated heterocycles. The molecule has 0 atom stereocenters. The second-order valence-electron chi connectivity index (χ2n) is 9.44. The monoisotopic (exact) mass is 449 g/mol. The number of benzene rings is 2. The zero-order valence-electron chi connectivity index (χ0n) is 19.6. The third-order valence-corrected chi connectivity index (χ3v) is 6.18. The number of amides is 1. The molecule has 174 valence electrons. The quantitative estimate of drug-likeness (QED) is 0.443. The molecule has 0 radical (unpaired) electrons. The van der Waals surface area contributed by atoms with Crippen LogP contribution >= 0.6 is 0 Å². The summed E-state index contributed by atoms with van der Waals surface area (Å²) in [5.74, 6) is 1.07. The summed E-state index contributed by atoms with van der Waals surface area (Å²) in [5.41, 5.74) is 2.96. The molecule has 5 nitrogen and oxygen atoms in total. The first-order valence-electron chi connectivity index (χ1n) is 11.8. The Kier molecular flexibility index (Phi) is 7.11. The molecule has 0 bridgehead atoms. The van der Waals surface area contributed by atoms with Gasteiger partial charge in [-0.1, -0.05) is 62.3 Å². The highest BCUT2D eigenvalue weighted by Crippen LogP contribution is 2.35. The topological polar surface area (TPSA) is 49.6 Å². The van der Waals surface area contributed by atoms with Gasteiger partial charge in [-0.2, -0.15) is 0 Å². The first kappa shape index (κ1) is 23.0. The van der Waals surface area contributed by atoms with Gasteiger partial charge in [0, 0.05) is 30.8 Å². The highest BCUT2D eigenvalue weighted by Gasteiger charge is 2.28. The minimum absolute atomic E-state index is 0.193. The van der Waals surface area contributed by atoms with Crippen LogP contribution in [0.15, 0.2) is 59.1 Å². The molecular weight excluding hydrogens is 417 g/mol. The molecule has 0 saturated carbocycles. The van der Waals surface area contributed by atoms with Crippen molar-refractivity contribution < 1.29 is 13.7 Å². The molecule has 1 aliphatic rings. The molecule has 0 spiro atoms. The van der Waals surface area contributed by atoms with E-state index in [9.17, 15) is 9.18 Å². The Labute approximate surface area is 195 Å². The van der Waals surface area contributed by atoms with Crippen LogP contribution in [0.4, 0.5) is 10.3 Å². The number of carbonyl (C=O) groups is 1. The van der Waals surface area contributed by atoms with Gasteiger partial charge in [0.05, 0.1) is 12.1 Å². The SMILES string of the molecule is CC(C)CN(Cc1c(-c2ccccc2)noc1N1CCC(C)CC1)C(=O)c1cccc(F)c1. The van der Waals surface area contributed by atoms with Crippen LogP contribution in [-0.4, -0.2) is 35.6 Å². The molecule has 0 aliphatic carbocycles. The average molecular weight is 450 g/mol. The van der Waals surface area contributed by atoms with E-state index < -0.39 is 5.82 Å². The molecule has 1 aromatic heterocycles. The summed E-state index contributed by atoms with van der Waals surface area (Å²) in [5, 5.41) is 4.44. The number of hydrogen-bond acceptors (Lipinski definition) is 4. The van der Waals surface area contributed by atoms with Crippen molar-refractivity contribution in [2.45, 2.75) is 40.2 Å². The van der Waals surface area contributed by atoms with Crippen LogP contribution in [-0.2, 0) is 6.54 Å². The number of carbonyl (C=O) groups excluding carboxylic acids is 1. The smallest absolute Gasteiger partial charge is 0.254 e. The van der Waals surface area contributed by atoms with Gasteiger partial charge in [-0.3, -0.25) is 4.79 Å². The molecule has 3 aromatic rings. The van der Waals surface area contributed by atoms with Gasteiger partial charge in [0.1, 0.15) is 11.5 Å². The summed E-state index contributed by atoms with van der Waals surface area (Å²) < 4.78 is 19.8. The maximum Gasteiger partial charge on any atom is 0.254 e. The fraction of sp³-hybridized carbons (Fsp3) is 0.407. The van der Waals surface area contributed by atoms with Crippen LogP contribution in [0.3, 0.4) is 0 Å². The predicted octanol–water partition coefficient (Wildman–Crippen LogP) is 6.02. The standard InChI is InChI=1S/C27H32FN3O2/c1-19(2)17-31(26(32)22-10-7-11-23(28)16-22)18-24-25(21-8-5-4-6-9-21)29-33-27(24)30-14-12-20(3)13-15-30/h4-11,16,19-20H,12-15,17-18H2,1-3H3. The summed E-state index contributed by atoms with van der Waals surface area (Å²) in [7, 11) is 0. The maximum atomic E-state index is 13.9. The van der Waals surface area contributed by atoms with Crippen LogP contribution in [0.5, 0.6) is 0 Å². The molecule has 33 heavy (non-hydrogen) atoms. The van der Waals surface area contributed by atoms with Crippen molar-refractivity contribution in [3.63, 3.8) is 0 Å². The maximum absolute atomic E-state index is 13.9. The van der Waals surface area contributed by atoms with Gasteiger partial charge in [-0.15, -0.1) is 0 Å². The van der Waals surface area contributed by atoms with E-state index in [4.69, 9.17) is 4.52 Å². The number of aromatic nitrogens is 1. The Morgan fingerprint density at radius 1 is 1.15 bits per heavy atom. The van der Waals surface area contributed by atoms with Crippen LogP contribution in [0, 0.1) is 17.7 Å². The fourth-order valence-corrected chi connectivity index (χ4v) is 4.38. The third kappa shape index (κ3) is 5.44. The molecule has 2 aromatic carbocycles. The van der Waals surface area contributed by atoms with Gasteiger partial charge in [0.2, 0.25) is 5.88 Å². The van der Waals surface area contributed by atoms with Gasteiger partial charge in [0.15, 0.2) is 0 Å². The Bertz CT molecular complexity index is 1070. The lowest BCUT2D eigenvalue weighted by Gasteiger charge is -2.31. The van der Waals surface area contributed by atoms with Crippen LogP contribution in [0.1, 0.15) is 49.5 Å². The molecule has 0 unspecified atom stereocenters. The summed E-state index contributed by atoms with van der Waals surface area (Å²) in [6.45, 7) is 9.12. The summed E-state index contributed by atoms with van der Waals surface area (Å²) in [6.07, 6.45) is 2.19. The van der Waals surface area contributed by atoms with Crippen molar-refractivity contribution in [3.05, 3.63) is 71.5 Å². The zero-order chi connectivity index (χ0) is 23.4. The Morgan fingerprint density at radius 3 is 2.55 bits per heavy atom. The molecular formula is C27H32FN3O2. The number of piperidine rings is 1. The van der Waals surface area contributed by atoms with E-state index in [-0.39, 0.29) is 11.8 Å². The van der Waals surface area contributed by atoms with Gasteiger partial charge >= 0.3 is 0 Å². The van der Waals surface area contributed by atoms with Gasteiger partial charge in [0.25, 0.3) is 5.91 Å². The van der Waals surface area contributed by atoms with Crippen LogP contribution in [0.2, 0.25) is 0 Å². The van der Waals surface area contributed by atoms with E-state index in [0.717, 1.165) is 48.6 Å². The molecule has 6 heteroatoms. The summed E-state index contributed by atoms with van der Waals surface area (Å²) in [4.78, 5) is 17.5. The molecule has 1 amide bonds. The van der Waals surface area contributed by atoms with Crippen LogP contribution < -0.4 is 4.90 Å². The first-order valence-corrected chi connectivity index (χ1v) is 11.8. The van der Waals surface area contributed by atoms with E-state index in [1.54, 1.807) is 17.0 Å². The second-order valence-corrected chi connectivity index (χ2v) is 9.44.